The number of ether oxygens (including phenoxy) is 3. The lowest BCUT2D eigenvalue weighted by Crippen LogP contribution is -2.42. The maximum absolute atomic E-state index is 13.9. The molecule has 1 aromatic heterocycles. The van der Waals surface area contributed by atoms with Crippen molar-refractivity contribution in [3.05, 3.63) is 29.7 Å². The fourth-order valence-corrected chi connectivity index (χ4v) is 5.71. The Bertz CT molecular complexity index is 1380. The molecule has 1 unspecified atom stereocenters. The van der Waals surface area contributed by atoms with Gasteiger partial charge in [0, 0.05) is 32.6 Å². The Hall–Kier alpha value is -3.90. The number of benzene rings is 1. The highest BCUT2D eigenvalue weighted by Gasteiger charge is 2.37. The van der Waals surface area contributed by atoms with Crippen LogP contribution in [0.4, 0.5) is 13.6 Å². The van der Waals surface area contributed by atoms with Crippen molar-refractivity contribution in [1.82, 2.24) is 15.2 Å². The maximum atomic E-state index is 13.9. The van der Waals surface area contributed by atoms with Gasteiger partial charge in [-0.15, -0.1) is 0 Å². The lowest BCUT2D eigenvalue weighted by Gasteiger charge is -2.37. The molecule has 3 N–H and O–H groups in total. The highest BCUT2D eigenvalue weighted by Crippen LogP contribution is 2.41. The summed E-state index contributed by atoms with van der Waals surface area (Å²) in [6, 6.07) is 4.26. The zero-order chi connectivity index (χ0) is 33.6. The van der Waals surface area contributed by atoms with Crippen LogP contribution in [0.2, 0.25) is 0 Å². The largest absolute Gasteiger partial charge is 0.489 e. The third-order valence-electron chi connectivity index (χ3n) is 8.36. The second-order valence-corrected chi connectivity index (χ2v) is 13.9. The molecule has 254 valence electrons. The number of hydrogen-bond donors (Lipinski definition) is 2. The van der Waals surface area contributed by atoms with Crippen molar-refractivity contribution in [1.29, 1.82) is 0 Å². The predicted molar refractivity (Wildman–Crippen MR) is 165 cm³/mol. The van der Waals surface area contributed by atoms with Gasteiger partial charge in [0.05, 0.1) is 6.61 Å². The van der Waals surface area contributed by atoms with Crippen molar-refractivity contribution in [2.24, 2.45) is 22.5 Å². The summed E-state index contributed by atoms with van der Waals surface area (Å²) in [5.41, 5.74) is 4.86. The van der Waals surface area contributed by atoms with Gasteiger partial charge in [-0.25, -0.2) is 9.78 Å². The number of primary amides is 1. The van der Waals surface area contributed by atoms with Crippen molar-refractivity contribution in [2.45, 2.75) is 91.3 Å². The van der Waals surface area contributed by atoms with E-state index in [1.807, 2.05) is 20.8 Å². The number of hydrogen-bond acceptors (Lipinski definition) is 8. The molecular formula is C33H46F2N4O7. The van der Waals surface area contributed by atoms with Crippen LogP contribution in [0.15, 0.2) is 22.6 Å². The summed E-state index contributed by atoms with van der Waals surface area (Å²) in [5.74, 6) is -0.312. The Morgan fingerprint density at radius 2 is 1.83 bits per heavy atom. The van der Waals surface area contributed by atoms with Gasteiger partial charge in [-0.1, -0.05) is 40.0 Å². The normalized spacial score (nSPS) is 16.9. The number of amides is 3. The molecule has 1 heterocycles. The van der Waals surface area contributed by atoms with Crippen LogP contribution in [0.5, 0.6) is 11.5 Å². The molecule has 0 saturated heterocycles. The Labute approximate surface area is 268 Å². The first-order chi connectivity index (χ1) is 21.6. The summed E-state index contributed by atoms with van der Waals surface area (Å²) in [6.45, 7) is 3.32. The topological polar surface area (TPSA) is 146 Å². The van der Waals surface area contributed by atoms with E-state index in [2.05, 4.69) is 15.0 Å². The van der Waals surface area contributed by atoms with Crippen molar-refractivity contribution in [2.75, 3.05) is 27.2 Å². The third-order valence-corrected chi connectivity index (χ3v) is 8.36. The van der Waals surface area contributed by atoms with E-state index in [9.17, 15) is 23.2 Å². The standard InChI is InChI=1S/C33H46F2N4O7/c1-32(2,3)16-24(45-31(36)42)27-26(28(41)37-19-33(13-7-6-8-14-33)17-25(40)39(4)5)38-29(46-27)21-11-12-22(44-30(34)35)23(15-21)43-18-20-9-10-20/h11-12,15,20,24,30H,6-10,13-14,16-19H2,1-5H3,(H2,36,42)(H,37,41). The SMILES string of the molecule is CN(C)C(=O)CC1(CNC(=O)c2nc(-c3ccc(OC(F)F)c(OCC4CC4)c3)oc2C(CC(C)(C)C)OC(N)=O)CCCCC1. The minimum absolute atomic E-state index is 0.00311. The van der Waals surface area contributed by atoms with E-state index in [1.54, 1.807) is 19.0 Å². The minimum Gasteiger partial charge on any atom is -0.489 e. The fourth-order valence-electron chi connectivity index (χ4n) is 5.71. The first-order valence-corrected chi connectivity index (χ1v) is 15.8. The monoisotopic (exact) mass is 648 g/mol. The van der Waals surface area contributed by atoms with Crippen LogP contribution in [0.3, 0.4) is 0 Å². The Morgan fingerprint density at radius 1 is 1.13 bits per heavy atom. The summed E-state index contributed by atoms with van der Waals surface area (Å²) < 4.78 is 48.3. The van der Waals surface area contributed by atoms with Crippen LogP contribution in [-0.2, 0) is 9.53 Å². The molecule has 4 rings (SSSR count). The molecule has 46 heavy (non-hydrogen) atoms. The van der Waals surface area contributed by atoms with Crippen molar-refractivity contribution in [3.8, 4) is 23.0 Å². The summed E-state index contributed by atoms with van der Waals surface area (Å²) in [5, 5.41) is 2.98. The molecular weight excluding hydrogens is 602 g/mol. The quantitative estimate of drug-likeness (QED) is 0.237. The molecule has 0 bridgehead atoms. The van der Waals surface area contributed by atoms with Gasteiger partial charge in [0.2, 0.25) is 11.8 Å². The number of nitrogens with zero attached hydrogens (tertiary/aromatic N) is 2. The second kappa shape index (κ2) is 14.7. The van der Waals surface area contributed by atoms with Gasteiger partial charge in [-0.2, -0.15) is 8.78 Å². The van der Waals surface area contributed by atoms with Gasteiger partial charge in [0.1, 0.15) is 0 Å². The van der Waals surface area contributed by atoms with E-state index in [0.29, 0.717) is 24.5 Å². The average molecular weight is 649 g/mol. The van der Waals surface area contributed by atoms with Crippen LogP contribution < -0.4 is 20.5 Å². The van der Waals surface area contributed by atoms with Crippen LogP contribution in [0.1, 0.15) is 101 Å². The zero-order valence-corrected chi connectivity index (χ0v) is 27.3. The van der Waals surface area contributed by atoms with Gasteiger partial charge in [0.15, 0.2) is 29.1 Å². The second-order valence-electron chi connectivity index (χ2n) is 13.9. The van der Waals surface area contributed by atoms with Gasteiger partial charge in [-0.05, 0) is 67.1 Å². The molecule has 3 amide bonds. The molecule has 2 aliphatic rings. The number of carbonyl (C=O) groups is 3. The van der Waals surface area contributed by atoms with E-state index in [0.717, 1.165) is 44.9 Å². The smallest absolute Gasteiger partial charge is 0.405 e. The molecule has 2 aliphatic carbocycles. The first kappa shape index (κ1) is 35.0. The zero-order valence-electron chi connectivity index (χ0n) is 27.3. The molecule has 11 nitrogen and oxygen atoms in total. The van der Waals surface area contributed by atoms with E-state index in [1.165, 1.54) is 18.2 Å². The predicted octanol–water partition coefficient (Wildman–Crippen LogP) is 6.46. The number of nitrogens with one attached hydrogen (secondary N) is 1. The number of oxazole rings is 1. The number of halogens is 2. The van der Waals surface area contributed by atoms with Crippen LogP contribution in [0, 0.1) is 16.7 Å². The molecule has 0 spiro atoms. The van der Waals surface area contributed by atoms with E-state index >= 15 is 0 Å². The molecule has 13 heteroatoms. The van der Waals surface area contributed by atoms with Crippen LogP contribution in [-0.4, -0.2) is 61.6 Å². The van der Waals surface area contributed by atoms with Crippen molar-refractivity contribution in [3.63, 3.8) is 0 Å². The summed E-state index contributed by atoms with van der Waals surface area (Å²) >= 11 is 0. The van der Waals surface area contributed by atoms with Crippen LogP contribution >= 0.6 is 0 Å². The van der Waals surface area contributed by atoms with E-state index in [4.69, 9.17) is 19.6 Å². The Kier molecular flexibility index (Phi) is 11.2. The molecule has 1 atom stereocenters. The number of carbonyl (C=O) groups excluding carboxylic acids is 3. The fraction of sp³-hybridized carbons (Fsp3) is 0.636. The summed E-state index contributed by atoms with van der Waals surface area (Å²) in [6.07, 6.45) is 4.98. The number of rotatable bonds is 14. The summed E-state index contributed by atoms with van der Waals surface area (Å²) in [4.78, 5) is 44.6. The van der Waals surface area contributed by atoms with Gasteiger partial charge < -0.3 is 34.6 Å². The highest BCUT2D eigenvalue weighted by atomic mass is 19.3. The third kappa shape index (κ3) is 9.80. The lowest BCUT2D eigenvalue weighted by atomic mass is 9.71. The van der Waals surface area contributed by atoms with Crippen molar-refractivity contribution < 1.29 is 41.8 Å². The Morgan fingerprint density at radius 3 is 2.41 bits per heavy atom. The van der Waals surface area contributed by atoms with E-state index in [-0.39, 0.29) is 53.1 Å². The Balaban J connectivity index is 1.70. The molecule has 0 radical (unpaired) electrons. The number of alkyl halides is 2. The highest BCUT2D eigenvalue weighted by molar-refractivity contribution is 5.94. The average Bonchev–Trinajstić information content (AvgIpc) is 3.69. The molecule has 2 saturated carbocycles. The molecule has 1 aromatic carbocycles. The van der Waals surface area contributed by atoms with Gasteiger partial charge in [0.25, 0.3) is 5.91 Å². The van der Waals surface area contributed by atoms with E-state index < -0.39 is 30.1 Å². The summed E-state index contributed by atoms with van der Waals surface area (Å²) in [7, 11) is 3.42. The first-order valence-electron chi connectivity index (χ1n) is 15.8. The van der Waals surface area contributed by atoms with Gasteiger partial charge in [-0.3, -0.25) is 9.59 Å². The lowest BCUT2D eigenvalue weighted by molar-refractivity contribution is -0.131. The van der Waals surface area contributed by atoms with Crippen molar-refractivity contribution >= 4 is 17.9 Å². The number of nitrogens with two attached hydrogens (primary N) is 1. The van der Waals surface area contributed by atoms with Crippen LogP contribution in [0.25, 0.3) is 11.5 Å². The molecule has 0 aliphatic heterocycles. The molecule has 2 aromatic rings. The minimum atomic E-state index is -3.05. The maximum Gasteiger partial charge on any atom is 0.405 e. The molecule has 2 fully saturated rings. The van der Waals surface area contributed by atoms with Gasteiger partial charge >= 0.3 is 12.7 Å². The number of aromatic nitrogens is 1.